The molecule has 0 aliphatic carbocycles. The lowest BCUT2D eigenvalue weighted by molar-refractivity contribution is -0.147. The Morgan fingerprint density at radius 3 is 2.23 bits per heavy atom. The van der Waals surface area contributed by atoms with Gasteiger partial charge in [-0.3, -0.25) is 4.79 Å². The van der Waals surface area contributed by atoms with Gasteiger partial charge in [-0.05, 0) is 12.3 Å². The summed E-state index contributed by atoms with van der Waals surface area (Å²) >= 11 is 0. The smallest absolute Gasteiger partial charge is 0.305 e. The maximum absolute atomic E-state index is 11.4. The minimum Gasteiger partial charge on any atom is -0.463 e. The summed E-state index contributed by atoms with van der Waals surface area (Å²) < 4.78 is 4.86. The number of aliphatic hydroxyl groups is 2. The molecule has 2 N–H and O–H groups in total. The third-order valence-electron chi connectivity index (χ3n) is 4.03. The van der Waals surface area contributed by atoms with E-state index in [0.717, 1.165) is 18.8 Å². The first-order valence-corrected chi connectivity index (χ1v) is 9.04. The molecule has 4 nitrogen and oxygen atoms in total. The molecule has 0 saturated carbocycles. The van der Waals surface area contributed by atoms with Gasteiger partial charge >= 0.3 is 5.97 Å². The van der Waals surface area contributed by atoms with E-state index in [-0.39, 0.29) is 19.2 Å². The molecule has 0 amide bonds. The van der Waals surface area contributed by atoms with Gasteiger partial charge in [-0.1, -0.05) is 71.6 Å². The van der Waals surface area contributed by atoms with Crippen LogP contribution in [0.25, 0.3) is 0 Å². The Balaban J connectivity index is 3.37. The van der Waals surface area contributed by atoms with Gasteiger partial charge in [-0.15, -0.1) is 0 Å². The summed E-state index contributed by atoms with van der Waals surface area (Å²) in [6, 6.07) is 0. The Hall–Kier alpha value is -0.610. The van der Waals surface area contributed by atoms with E-state index in [2.05, 4.69) is 13.8 Å². The van der Waals surface area contributed by atoms with Gasteiger partial charge in [0.15, 0.2) is 0 Å². The molecular weight excluding hydrogens is 280 g/mol. The molecule has 0 rings (SSSR count). The van der Waals surface area contributed by atoms with Crippen LogP contribution in [-0.2, 0) is 9.53 Å². The normalized spacial score (nSPS) is 13.8. The predicted molar refractivity (Wildman–Crippen MR) is 89.7 cm³/mol. The number of hydrogen-bond acceptors (Lipinski definition) is 4. The van der Waals surface area contributed by atoms with Crippen molar-refractivity contribution in [2.45, 2.75) is 90.6 Å². The highest BCUT2D eigenvalue weighted by atomic mass is 16.5. The van der Waals surface area contributed by atoms with Crippen molar-refractivity contribution in [3.8, 4) is 0 Å². The van der Waals surface area contributed by atoms with Crippen LogP contribution in [0.5, 0.6) is 0 Å². The topological polar surface area (TPSA) is 66.8 Å². The van der Waals surface area contributed by atoms with Gasteiger partial charge in [-0.25, -0.2) is 0 Å². The first kappa shape index (κ1) is 21.4. The van der Waals surface area contributed by atoms with Crippen LogP contribution in [0.1, 0.15) is 84.5 Å². The van der Waals surface area contributed by atoms with E-state index >= 15 is 0 Å². The van der Waals surface area contributed by atoms with Crippen LogP contribution in [0.3, 0.4) is 0 Å². The molecule has 0 bridgehead atoms. The maximum Gasteiger partial charge on any atom is 0.305 e. The molecular formula is C18H36O4. The van der Waals surface area contributed by atoms with Crippen LogP contribution in [0.4, 0.5) is 0 Å². The van der Waals surface area contributed by atoms with Gasteiger partial charge in [0.1, 0.15) is 12.7 Å². The molecule has 4 heteroatoms. The summed E-state index contributed by atoms with van der Waals surface area (Å²) in [6.07, 6.45) is 11.9. The maximum atomic E-state index is 11.4. The molecule has 0 radical (unpaired) electrons. The molecule has 0 heterocycles. The summed E-state index contributed by atoms with van der Waals surface area (Å²) in [5.41, 5.74) is 0. The van der Waals surface area contributed by atoms with Crippen molar-refractivity contribution in [3.63, 3.8) is 0 Å². The lowest BCUT2D eigenvalue weighted by Crippen LogP contribution is -2.21. The number of carbonyl (C=O) groups is 1. The monoisotopic (exact) mass is 316 g/mol. The van der Waals surface area contributed by atoms with E-state index in [1.54, 1.807) is 0 Å². The molecule has 0 saturated heterocycles. The van der Waals surface area contributed by atoms with Crippen LogP contribution in [0.15, 0.2) is 0 Å². The highest BCUT2D eigenvalue weighted by Gasteiger charge is 2.08. The lowest BCUT2D eigenvalue weighted by Gasteiger charge is -2.11. The van der Waals surface area contributed by atoms with Gasteiger partial charge in [0, 0.05) is 6.42 Å². The van der Waals surface area contributed by atoms with E-state index in [1.807, 2.05) is 0 Å². The molecule has 2 atom stereocenters. The van der Waals surface area contributed by atoms with E-state index < -0.39 is 6.10 Å². The van der Waals surface area contributed by atoms with Crippen molar-refractivity contribution in [2.75, 3.05) is 13.2 Å². The zero-order chi connectivity index (χ0) is 16.6. The van der Waals surface area contributed by atoms with Crippen molar-refractivity contribution < 1.29 is 19.7 Å². The minimum atomic E-state index is -0.957. The van der Waals surface area contributed by atoms with Crippen molar-refractivity contribution >= 4 is 5.97 Å². The van der Waals surface area contributed by atoms with Gasteiger partial charge in [0.05, 0.1) is 6.61 Å². The number of esters is 1. The molecule has 0 aliphatic rings. The molecule has 22 heavy (non-hydrogen) atoms. The second-order valence-corrected chi connectivity index (χ2v) is 6.43. The number of aliphatic hydroxyl groups excluding tert-OH is 2. The Bertz CT molecular complexity index is 255. The van der Waals surface area contributed by atoms with Crippen molar-refractivity contribution in [1.82, 2.24) is 0 Å². The largest absolute Gasteiger partial charge is 0.463 e. The third-order valence-corrected chi connectivity index (χ3v) is 4.03. The van der Waals surface area contributed by atoms with Crippen LogP contribution in [-0.4, -0.2) is 35.5 Å². The molecule has 0 fully saturated rings. The molecule has 0 spiro atoms. The van der Waals surface area contributed by atoms with Crippen LogP contribution in [0, 0.1) is 5.92 Å². The highest BCUT2D eigenvalue weighted by molar-refractivity contribution is 5.69. The predicted octanol–water partition coefficient (Wildman–Crippen LogP) is 3.83. The average molecular weight is 316 g/mol. The minimum absolute atomic E-state index is 0.107. The first-order chi connectivity index (χ1) is 10.6. The van der Waals surface area contributed by atoms with E-state index in [4.69, 9.17) is 14.9 Å². The summed E-state index contributed by atoms with van der Waals surface area (Å²) in [5, 5.41) is 17.7. The molecule has 0 aliphatic heterocycles. The summed E-state index contributed by atoms with van der Waals surface area (Å²) in [7, 11) is 0. The number of ether oxygens (including phenoxy) is 1. The summed E-state index contributed by atoms with van der Waals surface area (Å²) in [4.78, 5) is 11.4. The van der Waals surface area contributed by atoms with Crippen LogP contribution in [0.2, 0.25) is 0 Å². The zero-order valence-corrected chi connectivity index (χ0v) is 14.6. The Kier molecular flexibility index (Phi) is 14.9. The van der Waals surface area contributed by atoms with Crippen molar-refractivity contribution in [3.05, 3.63) is 0 Å². The second-order valence-electron chi connectivity index (χ2n) is 6.43. The number of unbranched alkanes of at least 4 members (excludes halogenated alkanes) is 6. The fourth-order valence-corrected chi connectivity index (χ4v) is 2.49. The van der Waals surface area contributed by atoms with Crippen molar-refractivity contribution in [1.29, 1.82) is 0 Å². The average Bonchev–Trinajstić information content (AvgIpc) is 2.52. The van der Waals surface area contributed by atoms with E-state index in [0.29, 0.717) is 6.42 Å². The van der Waals surface area contributed by atoms with E-state index in [9.17, 15) is 4.79 Å². The van der Waals surface area contributed by atoms with Gasteiger partial charge in [-0.2, -0.15) is 0 Å². The molecule has 2 unspecified atom stereocenters. The summed E-state index contributed by atoms with van der Waals surface area (Å²) in [5.74, 6) is 0.453. The highest BCUT2D eigenvalue weighted by Crippen LogP contribution is 2.17. The Morgan fingerprint density at radius 2 is 1.59 bits per heavy atom. The molecule has 0 aromatic heterocycles. The SMILES string of the molecule is CCCCCCCCC(C)CCCCC(=O)OCC(O)CO. The first-order valence-electron chi connectivity index (χ1n) is 9.04. The Morgan fingerprint density at radius 1 is 1.00 bits per heavy atom. The number of carbonyl (C=O) groups excluding carboxylic acids is 1. The lowest BCUT2D eigenvalue weighted by atomic mass is 9.96. The van der Waals surface area contributed by atoms with Crippen LogP contribution < -0.4 is 0 Å². The van der Waals surface area contributed by atoms with Gasteiger partial charge in [0.2, 0.25) is 0 Å². The molecule has 0 aromatic rings. The standard InChI is InChI=1S/C18H36O4/c1-3-4-5-6-7-8-11-16(2)12-9-10-13-18(21)22-15-17(20)14-19/h16-17,19-20H,3-15H2,1-2H3. The second kappa shape index (κ2) is 15.3. The van der Waals surface area contributed by atoms with Gasteiger partial charge in [0.25, 0.3) is 0 Å². The van der Waals surface area contributed by atoms with Crippen LogP contribution >= 0.6 is 0 Å². The fraction of sp³-hybridized carbons (Fsp3) is 0.944. The summed E-state index contributed by atoms with van der Waals surface area (Å²) in [6.45, 7) is 4.06. The fourth-order valence-electron chi connectivity index (χ4n) is 2.49. The van der Waals surface area contributed by atoms with Gasteiger partial charge < -0.3 is 14.9 Å². The zero-order valence-electron chi connectivity index (χ0n) is 14.6. The third kappa shape index (κ3) is 14.3. The number of hydrogen-bond donors (Lipinski definition) is 2. The molecule has 0 aromatic carbocycles. The van der Waals surface area contributed by atoms with Crippen molar-refractivity contribution in [2.24, 2.45) is 5.92 Å². The quantitative estimate of drug-likeness (QED) is 0.356. The number of rotatable bonds is 15. The van der Waals surface area contributed by atoms with E-state index in [1.165, 1.54) is 51.4 Å². The molecule has 132 valence electrons. The Labute approximate surface area is 136 Å².